The average molecular weight is 411 g/mol. The zero-order chi connectivity index (χ0) is 19.6. The maximum atomic E-state index is 11.5. The molecule has 10 heteroatoms. The van der Waals surface area contributed by atoms with Crippen LogP contribution in [0, 0.1) is 10.1 Å². The number of piperazine rings is 1. The first-order valence-electron chi connectivity index (χ1n) is 8.27. The Balaban J connectivity index is 1.73. The van der Waals surface area contributed by atoms with Gasteiger partial charge in [-0.05, 0) is 29.8 Å². The predicted molar refractivity (Wildman–Crippen MR) is 103 cm³/mol. The van der Waals surface area contributed by atoms with Crippen LogP contribution in [0.25, 0.3) is 0 Å². The van der Waals surface area contributed by atoms with E-state index in [2.05, 4.69) is 4.90 Å². The summed E-state index contributed by atoms with van der Waals surface area (Å²) in [7, 11) is -4.00. The lowest BCUT2D eigenvalue weighted by molar-refractivity contribution is -0.384. The number of nitrogens with zero attached hydrogens (tertiary/aromatic N) is 3. The maximum Gasteiger partial charge on any atom is 0.293 e. The fourth-order valence-electron chi connectivity index (χ4n) is 3.13. The van der Waals surface area contributed by atoms with Crippen LogP contribution in [0.3, 0.4) is 0 Å². The highest BCUT2D eigenvalue weighted by Gasteiger charge is 2.25. The van der Waals surface area contributed by atoms with Crippen molar-refractivity contribution in [3.63, 3.8) is 0 Å². The van der Waals surface area contributed by atoms with E-state index in [4.69, 9.17) is 16.7 Å². The molecule has 0 atom stereocenters. The third-order valence-corrected chi connectivity index (χ3v) is 5.63. The van der Waals surface area contributed by atoms with Crippen LogP contribution in [0.1, 0.15) is 5.56 Å². The third-order valence-electron chi connectivity index (χ3n) is 4.48. The van der Waals surface area contributed by atoms with Crippen molar-refractivity contribution in [1.29, 1.82) is 0 Å². The van der Waals surface area contributed by atoms with Gasteiger partial charge in [0.25, 0.3) is 5.69 Å². The van der Waals surface area contributed by atoms with Crippen LogP contribution in [0.2, 0.25) is 5.02 Å². The van der Waals surface area contributed by atoms with Crippen molar-refractivity contribution in [3.8, 4) is 0 Å². The summed E-state index contributed by atoms with van der Waals surface area (Å²) in [5.41, 5.74) is 1.25. The van der Waals surface area contributed by atoms with Crippen LogP contribution in [0.15, 0.2) is 47.4 Å². The summed E-state index contributed by atoms with van der Waals surface area (Å²) in [6, 6.07) is 11.4. The van der Waals surface area contributed by atoms with Gasteiger partial charge in [-0.2, -0.15) is 0 Å². The number of sulfonamides is 1. The van der Waals surface area contributed by atoms with Gasteiger partial charge in [-0.3, -0.25) is 15.0 Å². The highest BCUT2D eigenvalue weighted by Crippen LogP contribution is 2.31. The van der Waals surface area contributed by atoms with Gasteiger partial charge in [0.15, 0.2) is 0 Å². The van der Waals surface area contributed by atoms with Crippen molar-refractivity contribution in [2.75, 3.05) is 31.1 Å². The fourth-order valence-corrected chi connectivity index (χ4v) is 3.88. The lowest BCUT2D eigenvalue weighted by Crippen LogP contribution is -2.46. The SMILES string of the molecule is NS(=O)(=O)c1ccc(N2CCN(Cc3cccc(Cl)c3)CC2)c([N+](=O)[O-])c1. The van der Waals surface area contributed by atoms with Gasteiger partial charge >= 0.3 is 0 Å². The summed E-state index contributed by atoms with van der Waals surface area (Å²) in [6.45, 7) is 3.38. The topological polar surface area (TPSA) is 110 Å². The molecule has 1 saturated heterocycles. The van der Waals surface area contributed by atoms with E-state index in [0.29, 0.717) is 23.8 Å². The molecule has 0 aromatic heterocycles. The number of halogens is 1. The van der Waals surface area contributed by atoms with E-state index in [-0.39, 0.29) is 10.6 Å². The van der Waals surface area contributed by atoms with Gasteiger partial charge < -0.3 is 4.90 Å². The number of primary sulfonamides is 1. The Hall–Kier alpha value is -2.20. The molecule has 0 aliphatic carbocycles. The lowest BCUT2D eigenvalue weighted by atomic mass is 10.1. The van der Waals surface area contributed by atoms with Gasteiger partial charge in [-0.1, -0.05) is 23.7 Å². The molecule has 0 bridgehead atoms. The molecule has 0 saturated carbocycles. The zero-order valence-corrected chi connectivity index (χ0v) is 16.0. The van der Waals surface area contributed by atoms with Crippen molar-refractivity contribution in [3.05, 3.63) is 63.2 Å². The van der Waals surface area contributed by atoms with Crippen molar-refractivity contribution in [2.45, 2.75) is 11.4 Å². The van der Waals surface area contributed by atoms with E-state index in [0.717, 1.165) is 31.3 Å². The van der Waals surface area contributed by atoms with Crippen LogP contribution in [0.5, 0.6) is 0 Å². The second kappa shape index (κ2) is 7.81. The number of anilines is 1. The summed E-state index contributed by atoms with van der Waals surface area (Å²) in [5.74, 6) is 0. The lowest BCUT2D eigenvalue weighted by Gasteiger charge is -2.35. The molecular formula is C17H19ClN4O4S. The summed E-state index contributed by atoms with van der Waals surface area (Å²) in [6.07, 6.45) is 0. The largest absolute Gasteiger partial charge is 0.363 e. The van der Waals surface area contributed by atoms with Gasteiger partial charge in [0.1, 0.15) is 5.69 Å². The Morgan fingerprint density at radius 1 is 1.11 bits per heavy atom. The maximum absolute atomic E-state index is 11.5. The number of hydrogen-bond acceptors (Lipinski definition) is 6. The van der Waals surface area contributed by atoms with Crippen LogP contribution in [-0.4, -0.2) is 44.4 Å². The molecule has 27 heavy (non-hydrogen) atoms. The van der Waals surface area contributed by atoms with Crippen molar-refractivity contribution < 1.29 is 13.3 Å². The molecule has 0 spiro atoms. The Morgan fingerprint density at radius 2 is 1.81 bits per heavy atom. The first-order valence-corrected chi connectivity index (χ1v) is 10.2. The average Bonchev–Trinajstić information content (AvgIpc) is 2.61. The Kier molecular flexibility index (Phi) is 5.66. The molecule has 0 radical (unpaired) electrons. The molecule has 2 aromatic carbocycles. The fraction of sp³-hybridized carbons (Fsp3) is 0.294. The van der Waals surface area contributed by atoms with E-state index in [1.807, 2.05) is 29.2 Å². The van der Waals surface area contributed by atoms with Crippen molar-refractivity contribution in [1.82, 2.24) is 4.90 Å². The molecule has 0 amide bonds. The second-order valence-electron chi connectivity index (χ2n) is 6.35. The van der Waals surface area contributed by atoms with Gasteiger partial charge in [-0.25, -0.2) is 13.6 Å². The third kappa shape index (κ3) is 4.75. The van der Waals surface area contributed by atoms with Crippen molar-refractivity contribution >= 4 is 33.0 Å². The normalized spacial score (nSPS) is 15.7. The standard InChI is InChI=1S/C17H19ClN4O4S/c18-14-3-1-2-13(10-14)12-20-6-8-21(9-7-20)16-5-4-15(27(19,25)26)11-17(16)22(23)24/h1-5,10-11H,6-9,12H2,(H2,19,25,26). The van der Waals surface area contributed by atoms with Gasteiger partial charge in [0.2, 0.25) is 10.0 Å². The van der Waals surface area contributed by atoms with E-state index in [1.54, 1.807) is 0 Å². The van der Waals surface area contributed by atoms with Crippen LogP contribution >= 0.6 is 11.6 Å². The van der Waals surface area contributed by atoms with E-state index < -0.39 is 14.9 Å². The number of hydrogen-bond donors (Lipinski definition) is 1. The minimum absolute atomic E-state index is 0.259. The highest BCUT2D eigenvalue weighted by molar-refractivity contribution is 7.89. The predicted octanol–water partition coefficient (Wildman–Crippen LogP) is 2.22. The summed E-state index contributed by atoms with van der Waals surface area (Å²) in [5, 5.41) is 17.2. The number of nitro benzene ring substituents is 1. The molecule has 2 aromatic rings. The van der Waals surface area contributed by atoms with E-state index >= 15 is 0 Å². The molecule has 2 N–H and O–H groups in total. The van der Waals surface area contributed by atoms with Crippen LogP contribution in [-0.2, 0) is 16.6 Å². The van der Waals surface area contributed by atoms with E-state index in [9.17, 15) is 18.5 Å². The molecule has 1 aliphatic heterocycles. The van der Waals surface area contributed by atoms with Crippen LogP contribution in [0.4, 0.5) is 11.4 Å². The number of benzene rings is 2. The molecule has 0 unspecified atom stereocenters. The smallest absolute Gasteiger partial charge is 0.293 e. The monoisotopic (exact) mass is 410 g/mol. The zero-order valence-electron chi connectivity index (χ0n) is 14.4. The minimum atomic E-state index is -4.00. The Morgan fingerprint density at radius 3 is 2.41 bits per heavy atom. The first kappa shape index (κ1) is 19.6. The highest BCUT2D eigenvalue weighted by atomic mass is 35.5. The summed E-state index contributed by atoms with van der Waals surface area (Å²) >= 11 is 6.02. The number of rotatable bonds is 5. The number of nitro groups is 1. The minimum Gasteiger partial charge on any atom is -0.363 e. The van der Waals surface area contributed by atoms with E-state index in [1.165, 1.54) is 12.1 Å². The van der Waals surface area contributed by atoms with Crippen molar-refractivity contribution in [2.24, 2.45) is 5.14 Å². The molecule has 1 aliphatic rings. The molecule has 144 valence electrons. The van der Waals surface area contributed by atoms with Crippen LogP contribution < -0.4 is 10.0 Å². The quantitative estimate of drug-likeness (QED) is 0.597. The first-order chi connectivity index (χ1) is 12.7. The second-order valence-corrected chi connectivity index (χ2v) is 8.34. The van der Waals surface area contributed by atoms with Gasteiger partial charge in [0.05, 0.1) is 9.82 Å². The summed E-state index contributed by atoms with van der Waals surface area (Å²) in [4.78, 5) is 14.7. The molecular weight excluding hydrogens is 392 g/mol. The number of nitrogens with two attached hydrogens (primary N) is 1. The molecule has 1 heterocycles. The van der Waals surface area contributed by atoms with Gasteiger partial charge in [0, 0.05) is 43.8 Å². The summed E-state index contributed by atoms with van der Waals surface area (Å²) < 4.78 is 22.9. The Bertz CT molecular complexity index is 959. The Labute approximate surface area is 162 Å². The van der Waals surface area contributed by atoms with Gasteiger partial charge in [-0.15, -0.1) is 0 Å². The molecule has 3 rings (SSSR count). The molecule has 1 fully saturated rings. The molecule has 8 nitrogen and oxygen atoms in total.